The van der Waals surface area contributed by atoms with Crippen LogP contribution in [0.15, 0.2) is 0 Å². The van der Waals surface area contributed by atoms with Crippen LogP contribution in [0.2, 0.25) is 0 Å². The van der Waals surface area contributed by atoms with E-state index < -0.39 is 0 Å². The first kappa shape index (κ1) is 4.80. The van der Waals surface area contributed by atoms with Crippen LogP contribution in [-0.4, -0.2) is 12.6 Å². The summed E-state index contributed by atoms with van der Waals surface area (Å²) in [5.41, 5.74) is 0.792. The molecule has 2 fully saturated rings. The van der Waals surface area contributed by atoms with Crippen molar-refractivity contribution in [1.29, 1.82) is 0 Å². The van der Waals surface area contributed by atoms with Gasteiger partial charge in [0.1, 0.15) is 0 Å². The summed E-state index contributed by atoms with van der Waals surface area (Å²) in [6, 6.07) is 0.822. The van der Waals surface area contributed by atoms with E-state index in [0.29, 0.717) is 0 Å². The van der Waals surface area contributed by atoms with Gasteiger partial charge in [0.2, 0.25) is 0 Å². The van der Waals surface area contributed by atoms with Crippen LogP contribution in [0, 0.1) is 5.41 Å². The Kier molecular flexibility index (Phi) is 0.762. The first-order valence-electron chi connectivity index (χ1n) is 3.57. The third-order valence-electron chi connectivity index (χ3n) is 2.88. The second kappa shape index (κ2) is 1.27. The zero-order valence-electron chi connectivity index (χ0n) is 5.41. The van der Waals surface area contributed by atoms with Crippen molar-refractivity contribution < 1.29 is 0 Å². The maximum absolute atomic E-state index is 3.47. The predicted octanol–water partition coefficient (Wildman–Crippen LogP) is 1.15. The van der Waals surface area contributed by atoms with Gasteiger partial charge in [-0.25, -0.2) is 0 Å². The summed E-state index contributed by atoms with van der Waals surface area (Å²) in [7, 11) is 0. The fraction of sp³-hybridized carbons (Fsp3) is 1.00. The van der Waals surface area contributed by atoms with Gasteiger partial charge in [0.05, 0.1) is 0 Å². The van der Waals surface area contributed by atoms with Gasteiger partial charge in [-0.15, -0.1) is 0 Å². The van der Waals surface area contributed by atoms with Crippen molar-refractivity contribution >= 4 is 0 Å². The molecule has 1 heterocycles. The molecule has 2 rings (SSSR count). The van der Waals surface area contributed by atoms with Crippen LogP contribution in [0.25, 0.3) is 0 Å². The van der Waals surface area contributed by atoms with Crippen LogP contribution >= 0.6 is 0 Å². The molecule has 1 aliphatic carbocycles. The second-order valence-corrected chi connectivity index (χ2v) is 3.29. The fourth-order valence-electron chi connectivity index (χ4n) is 1.81. The van der Waals surface area contributed by atoms with Crippen molar-refractivity contribution in [3.8, 4) is 0 Å². The Balaban J connectivity index is 2.12. The Hall–Kier alpha value is -0.0400. The minimum absolute atomic E-state index is 0.792. The second-order valence-electron chi connectivity index (χ2n) is 3.29. The standard InChI is InChI=1S/C7H13N/c1-6-7(2-3-7)4-5-8-6/h6,8H,2-5H2,1H3. The maximum Gasteiger partial charge on any atom is 0.00956 e. The minimum Gasteiger partial charge on any atom is -0.314 e. The summed E-state index contributed by atoms with van der Waals surface area (Å²) in [5.74, 6) is 0. The van der Waals surface area contributed by atoms with E-state index >= 15 is 0 Å². The fourth-order valence-corrected chi connectivity index (χ4v) is 1.81. The van der Waals surface area contributed by atoms with Crippen LogP contribution < -0.4 is 5.32 Å². The molecule has 1 heteroatoms. The number of rotatable bonds is 0. The van der Waals surface area contributed by atoms with Gasteiger partial charge >= 0.3 is 0 Å². The molecule has 0 amide bonds. The summed E-state index contributed by atoms with van der Waals surface area (Å²) in [6.45, 7) is 3.58. The molecule has 1 atom stereocenters. The van der Waals surface area contributed by atoms with Crippen LogP contribution in [0.4, 0.5) is 0 Å². The summed E-state index contributed by atoms with van der Waals surface area (Å²) < 4.78 is 0. The summed E-state index contributed by atoms with van der Waals surface area (Å²) in [4.78, 5) is 0. The Morgan fingerprint density at radius 1 is 1.38 bits per heavy atom. The monoisotopic (exact) mass is 111 g/mol. The third-order valence-corrected chi connectivity index (χ3v) is 2.88. The molecule has 1 N–H and O–H groups in total. The van der Waals surface area contributed by atoms with Gasteiger partial charge in [0.15, 0.2) is 0 Å². The SMILES string of the molecule is CC1NCCC12CC2. The Morgan fingerprint density at radius 2 is 2.12 bits per heavy atom. The van der Waals surface area contributed by atoms with E-state index in [2.05, 4.69) is 12.2 Å². The van der Waals surface area contributed by atoms with E-state index in [4.69, 9.17) is 0 Å². The van der Waals surface area contributed by atoms with Crippen LogP contribution in [0.1, 0.15) is 26.2 Å². The first-order valence-corrected chi connectivity index (χ1v) is 3.57. The zero-order chi connectivity index (χ0) is 5.61. The van der Waals surface area contributed by atoms with E-state index in [-0.39, 0.29) is 0 Å². The quantitative estimate of drug-likeness (QED) is 0.494. The van der Waals surface area contributed by atoms with Crippen molar-refractivity contribution in [1.82, 2.24) is 5.32 Å². The molecular weight excluding hydrogens is 98.1 g/mol. The van der Waals surface area contributed by atoms with Gasteiger partial charge in [-0.05, 0) is 38.1 Å². The van der Waals surface area contributed by atoms with Gasteiger partial charge < -0.3 is 5.32 Å². The number of hydrogen-bond donors (Lipinski definition) is 1. The highest BCUT2D eigenvalue weighted by molar-refractivity contribution is 5.04. The highest BCUT2D eigenvalue weighted by Crippen LogP contribution is 2.53. The molecule has 1 saturated carbocycles. The minimum atomic E-state index is 0.792. The average molecular weight is 111 g/mol. The van der Waals surface area contributed by atoms with E-state index in [9.17, 15) is 0 Å². The van der Waals surface area contributed by atoms with Crippen LogP contribution in [-0.2, 0) is 0 Å². The Labute approximate surface area is 50.5 Å². The number of hydrogen-bond acceptors (Lipinski definition) is 1. The molecule has 1 unspecified atom stereocenters. The molecule has 0 radical (unpaired) electrons. The highest BCUT2D eigenvalue weighted by atomic mass is 15.0. The molecule has 8 heavy (non-hydrogen) atoms. The van der Waals surface area contributed by atoms with E-state index in [0.717, 1.165) is 11.5 Å². The molecule has 1 spiro atoms. The van der Waals surface area contributed by atoms with Gasteiger partial charge in [-0.3, -0.25) is 0 Å². The van der Waals surface area contributed by atoms with Gasteiger partial charge in [0, 0.05) is 6.04 Å². The molecule has 0 bridgehead atoms. The van der Waals surface area contributed by atoms with Crippen LogP contribution in [0.5, 0.6) is 0 Å². The van der Waals surface area contributed by atoms with E-state index in [1.54, 1.807) is 0 Å². The molecule has 46 valence electrons. The largest absolute Gasteiger partial charge is 0.314 e. The zero-order valence-corrected chi connectivity index (χ0v) is 5.41. The van der Waals surface area contributed by atoms with Crippen molar-refractivity contribution in [3.63, 3.8) is 0 Å². The van der Waals surface area contributed by atoms with Crippen molar-refractivity contribution in [2.24, 2.45) is 5.41 Å². The lowest BCUT2D eigenvalue weighted by molar-refractivity contribution is 0.458. The third kappa shape index (κ3) is 0.455. The lowest BCUT2D eigenvalue weighted by Gasteiger charge is -2.10. The maximum atomic E-state index is 3.47. The molecule has 1 saturated heterocycles. The molecule has 0 aromatic carbocycles. The number of nitrogens with one attached hydrogen (secondary N) is 1. The highest BCUT2D eigenvalue weighted by Gasteiger charge is 2.49. The summed E-state index contributed by atoms with van der Waals surface area (Å²) in [6.07, 6.45) is 4.41. The van der Waals surface area contributed by atoms with E-state index in [1.807, 2.05) is 0 Å². The summed E-state index contributed by atoms with van der Waals surface area (Å²) >= 11 is 0. The van der Waals surface area contributed by atoms with Gasteiger partial charge in [-0.1, -0.05) is 0 Å². The lowest BCUT2D eigenvalue weighted by Crippen LogP contribution is -2.23. The lowest BCUT2D eigenvalue weighted by atomic mass is 9.99. The molecule has 0 aromatic rings. The van der Waals surface area contributed by atoms with Crippen molar-refractivity contribution in [2.75, 3.05) is 6.54 Å². The molecule has 1 nitrogen and oxygen atoms in total. The first-order chi connectivity index (χ1) is 3.83. The van der Waals surface area contributed by atoms with Gasteiger partial charge in [-0.2, -0.15) is 0 Å². The summed E-state index contributed by atoms with van der Waals surface area (Å²) in [5, 5.41) is 3.47. The smallest absolute Gasteiger partial charge is 0.00956 e. The van der Waals surface area contributed by atoms with E-state index in [1.165, 1.54) is 25.8 Å². The van der Waals surface area contributed by atoms with Crippen molar-refractivity contribution in [3.05, 3.63) is 0 Å². The van der Waals surface area contributed by atoms with Gasteiger partial charge in [0.25, 0.3) is 0 Å². The molecule has 2 aliphatic rings. The average Bonchev–Trinajstić information content (AvgIpc) is 2.39. The molecular formula is C7H13N. The molecule has 0 aromatic heterocycles. The molecule has 1 aliphatic heterocycles. The van der Waals surface area contributed by atoms with Crippen LogP contribution in [0.3, 0.4) is 0 Å². The normalized spacial score (nSPS) is 40.9. The predicted molar refractivity (Wildman–Crippen MR) is 33.7 cm³/mol. The van der Waals surface area contributed by atoms with Crippen molar-refractivity contribution in [2.45, 2.75) is 32.2 Å². The topological polar surface area (TPSA) is 12.0 Å². The Morgan fingerprint density at radius 3 is 2.38 bits per heavy atom. The Bertz CT molecular complexity index is 105.